The van der Waals surface area contributed by atoms with Gasteiger partial charge in [0, 0.05) is 25.2 Å². The minimum absolute atomic E-state index is 0.0887. The first kappa shape index (κ1) is 17.1. The van der Waals surface area contributed by atoms with Crippen molar-refractivity contribution in [1.82, 2.24) is 4.31 Å². The van der Waals surface area contributed by atoms with Crippen LogP contribution in [0, 0.1) is 0 Å². The molecule has 7 heteroatoms. The third-order valence-corrected chi connectivity index (χ3v) is 5.55. The molecule has 0 aromatic heterocycles. The first-order valence-corrected chi connectivity index (χ1v) is 9.08. The van der Waals surface area contributed by atoms with Crippen molar-refractivity contribution in [2.75, 3.05) is 26.3 Å². The van der Waals surface area contributed by atoms with Crippen LogP contribution in [0.15, 0.2) is 23.1 Å². The zero-order valence-corrected chi connectivity index (χ0v) is 13.9. The molecule has 1 saturated heterocycles. The van der Waals surface area contributed by atoms with E-state index in [1.807, 2.05) is 13.8 Å². The van der Waals surface area contributed by atoms with Crippen molar-refractivity contribution < 1.29 is 17.9 Å². The van der Waals surface area contributed by atoms with Crippen molar-refractivity contribution >= 4 is 10.0 Å². The molecule has 6 nitrogen and oxygen atoms in total. The van der Waals surface area contributed by atoms with Crippen LogP contribution in [0.2, 0.25) is 0 Å². The molecule has 1 fully saturated rings. The summed E-state index contributed by atoms with van der Waals surface area (Å²) in [4.78, 5) is 0.231. The number of benzene rings is 1. The number of sulfonamides is 1. The lowest BCUT2D eigenvalue weighted by Gasteiger charge is -2.29. The maximum Gasteiger partial charge on any atom is 0.243 e. The molecule has 0 saturated carbocycles. The largest absolute Gasteiger partial charge is 0.490 e. The summed E-state index contributed by atoms with van der Waals surface area (Å²) >= 11 is 0. The topological polar surface area (TPSA) is 81.9 Å². The van der Waals surface area contributed by atoms with Crippen molar-refractivity contribution in [1.29, 1.82) is 0 Å². The van der Waals surface area contributed by atoms with Crippen LogP contribution in [-0.2, 0) is 10.0 Å². The minimum atomic E-state index is -3.52. The molecule has 0 amide bonds. The van der Waals surface area contributed by atoms with Gasteiger partial charge in [0.2, 0.25) is 10.0 Å². The number of ether oxygens (including phenoxy) is 2. The van der Waals surface area contributed by atoms with E-state index in [0.29, 0.717) is 50.6 Å². The molecule has 0 spiro atoms. The summed E-state index contributed by atoms with van der Waals surface area (Å²) in [6.45, 7) is 5.58. The Hall–Kier alpha value is -1.31. The maximum atomic E-state index is 12.7. The van der Waals surface area contributed by atoms with Crippen molar-refractivity contribution in [2.45, 2.75) is 37.6 Å². The molecule has 2 rings (SSSR count). The molecule has 1 aromatic rings. The zero-order valence-electron chi connectivity index (χ0n) is 13.1. The van der Waals surface area contributed by atoms with Crippen LogP contribution in [0.25, 0.3) is 0 Å². The Balaban J connectivity index is 2.28. The Kier molecular flexibility index (Phi) is 5.66. The molecule has 1 aromatic carbocycles. The average molecular weight is 328 g/mol. The van der Waals surface area contributed by atoms with E-state index in [0.717, 1.165) is 0 Å². The number of nitrogens with two attached hydrogens (primary N) is 1. The van der Waals surface area contributed by atoms with Gasteiger partial charge < -0.3 is 15.2 Å². The Morgan fingerprint density at radius 3 is 2.32 bits per heavy atom. The van der Waals surface area contributed by atoms with Gasteiger partial charge in [0.25, 0.3) is 0 Å². The normalized spacial score (nSPS) is 17.4. The lowest BCUT2D eigenvalue weighted by atomic mass is 10.1. The van der Waals surface area contributed by atoms with E-state index in [4.69, 9.17) is 15.2 Å². The second-order valence-electron chi connectivity index (χ2n) is 5.22. The van der Waals surface area contributed by atoms with Crippen molar-refractivity contribution in [3.05, 3.63) is 18.2 Å². The molecule has 0 aliphatic carbocycles. The molecule has 1 aliphatic heterocycles. The Bertz CT molecular complexity index is 596. The molecular formula is C15H24N2O4S. The molecular weight excluding hydrogens is 304 g/mol. The smallest absolute Gasteiger partial charge is 0.243 e. The summed E-state index contributed by atoms with van der Waals surface area (Å²) in [5.41, 5.74) is 5.84. The van der Waals surface area contributed by atoms with Crippen LogP contribution >= 0.6 is 0 Å². The molecule has 124 valence electrons. The highest BCUT2D eigenvalue weighted by molar-refractivity contribution is 7.89. The van der Waals surface area contributed by atoms with Gasteiger partial charge in [-0.15, -0.1) is 0 Å². The number of hydrogen-bond donors (Lipinski definition) is 1. The second-order valence-corrected chi connectivity index (χ2v) is 7.15. The van der Waals surface area contributed by atoms with Gasteiger partial charge in [-0.1, -0.05) is 0 Å². The highest BCUT2D eigenvalue weighted by atomic mass is 32.2. The van der Waals surface area contributed by atoms with Crippen LogP contribution in [0.5, 0.6) is 11.5 Å². The predicted octanol–water partition coefficient (Wildman–Crippen LogP) is 1.60. The molecule has 0 unspecified atom stereocenters. The van der Waals surface area contributed by atoms with Gasteiger partial charge in [-0.05, 0) is 38.8 Å². The van der Waals surface area contributed by atoms with E-state index in [2.05, 4.69) is 0 Å². The van der Waals surface area contributed by atoms with Crippen LogP contribution in [0.3, 0.4) is 0 Å². The summed E-state index contributed by atoms with van der Waals surface area (Å²) in [5.74, 6) is 1.02. The van der Waals surface area contributed by atoms with Crippen molar-refractivity contribution in [2.24, 2.45) is 5.73 Å². The van der Waals surface area contributed by atoms with Crippen molar-refractivity contribution in [3.63, 3.8) is 0 Å². The molecule has 0 bridgehead atoms. The first-order chi connectivity index (χ1) is 10.5. The Morgan fingerprint density at radius 2 is 1.73 bits per heavy atom. The number of hydrogen-bond acceptors (Lipinski definition) is 5. The summed E-state index contributed by atoms with van der Waals surface area (Å²) in [5, 5.41) is 0. The Morgan fingerprint density at radius 1 is 1.14 bits per heavy atom. The lowest BCUT2D eigenvalue weighted by molar-refractivity contribution is 0.286. The second kappa shape index (κ2) is 7.30. The van der Waals surface area contributed by atoms with E-state index in [-0.39, 0.29) is 10.9 Å². The van der Waals surface area contributed by atoms with Gasteiger partial charge in [0.05, 0.1) is 18.1 Å². The highest BCUT2D eigenvalue weighted by Gasteiger charge is 2.29. The molecule has 2 N–H and O–H groups in total. The van der Waals surface area contributed by atoms with Gasteiger partial charge in [0.1, 0.15) is 0 Å². The Labute approximate surface area is 132 Å². The third kappa shape index (κ3) is 3.71. The zero-order chi connectivity index (χ0) is 16.2. The van der Waals surface area contributed by atoms with Crippen LogP contribution in [0.1, 0.15) is 26.7 Å². The van der Waals surface area contributed by atoms with Gasteiger partial charge in [-0.3, -0.25) is 0 Å². The molecule has 1 heterocycles. The number of rotatable bonds is 6. The molecule has 0 atom stereocenters. The van der Waals surface area contributed by atoms with E-state index in [1.165, 1.54) is 4.31 Å². The maximum absolute atomic E-state index is 12.7. The fourth-order valence-corrected chi connectivity index (χ4v) is 3.94. The number of piperidine rings is 1. The van der Waals surface area contributed by atoms with Crippen LogP contribution in [0.4, 0.5) is 0 Å². The van der Waals surface area contributed by atoms with Gasteiger partial charge in [-0.2, -0.15) is 4.31 Å². The molecule has 22 heavy (non-hydrogen) atoms. The quantitative estimate of drug-likeness (QED) is 0.857. The van der Waals surface area contributed by atoms with Crippen LogP contribution in [-0.4, -0.2) is 45.1 Å². The molecule has 1 aliphatic rings. The molecule has 0 radical (unpaired) electrons. The summed E-state index contributed by atoms with van der Waals surface area (Å²) in [6, 6.07) is 4.85. The number of nitrogens with zero attached hydrogens (tertiary/aromatic N) is 1. The summed E-state index contributed by atoms with van der Waals surface area (Å²) < 4.78 is 37.9. The summed E-state index contributed by atoms with van der Waals surface area (Å²) in [7, 11) is -3.52. The van der Waals surface area contributed by atoms with E-state index in [9.17, 15) is 8.42 Å². The predicted molar refractivity (Wildman–Crippen MR) is 84.7 cm³/mol. The fraction of sp³-hybridized carbons (Fsp3) is 0.600. The van der Waals surface area contributed by atoms with Crippen LogP contribution < -0.4 is 15.2 Å². The van der Waals surface area contributed by atoms with Gasteiger partial charge >= 0.3 is 0 Å². The third-order valence-electron chi connectivity index (χ3n) is 3.65. The summed E-state index contributed by atoms with van der Waals surface area (Å²) in [6.07, 6.45) is 1.38. The fourth-order valence-electron chi connectivity index (χ4n) is 2.46. The minimum Gasteiger partial charge on any atom is -0.490 e. The van der Waals surface area contributed by atoms with Gasteiger partial charge in [-0.25, -0.2) is 8.42 Å². The van der Waals surface area contributed by atoms with E-state index < -0.39 is 10.0 Å². The average Bonchev–Trinajstić information content (AvgIpc) is 2.50. The van der Waals surface area contributed by atoms with Gasteiger partial charge in [0.15, 0.2) is 11.5 Å². The standard InChI is InChI=1S/C15H24N2O4S/c1-3-20-14-6-5-13(11-15(14)21-4-2)22(18,19)17-9-7-12(16)8-10-17/h5-6,11-12H,3-4,7-10,16H2,1-2H3. The van der Waals surface area contributed by atoms with E-state index >= 15 is 0 Å². The SMILES string of the molecule is CCOc1ccc(S(=O)(=O)N2CCC(N)CC2)cc1OCC. The van der Waals surface area contributed by atoms with Crippen molar-refractivity contribution in [3.8, 4) is 11.5 Å². The first-order valence-electron chi connectivity index (χ1n) is 7.64. The van der Waals surface area contributed by atoms with E-state index in [1.54, 1.807) is 18.2 Å². The highest BCUT2D eigenvalue weighted by Crippen LogP contribution is 2.32. The monoisotopic (exact) mass is 328 g/mol. The lowest BCUT2D eigenvalue weighted by Crippen LogP contribution is -2.42.